The summed E-state index contributed by atoms with van der Waals surface area (Å²) in [6, 6.07) is 0. The Hall–Kier alpha value is -0.140. The second kappa shape index (κ2) is 13.9. The van der Waals surface area contributed by atoms with Crippen LogP contribution in [0.1, 0.15) is 107 Å². The molecule has 158 valence electrons. The number of rotatable bonds is 5. The predicted octanol–water partition coefficient (Wildman–Crippen LogP) is 8.64. The van der Waals surface area contributed by atoms with E-state index in [9.17, 15) is 8.78 Å². The molecule has 0 aromatic rings. The van der Waals surface area contributed by atoms with Crippen LogP contribution in [0.4, 0.5) is 8.78 Å². The summed E-state index contributed by atoms with van der Waals surface area (Å²) >= 11 is 0. The van der Waals surface area contributed by atoms with Crippen LogP contribution >= 0.6 is 0 Å². The van der Waals surface area contributed by atoms with Crippen molar-refractivity contribution >= 4 is 0 Å². The zero-order valence-corrected chi connectivity index (χ0v) is 19.0. The molecular formula is C24H48F2. The molecule has 0 aliphatic heterocycles. The Balaban J connectivity index is 0.00000146. The van der Waals surface area contributed by atoms with Crippen LogP contribution in [0, 0.1) is 35.5 Å². The summed E-state index contributed by atoms with van der Waals surface area (Å²) in [6.07, 6.45) is 6.21. The largest absolute Gasteiger partial charge is 0.244 e. The predicted molar refractivity (Wildman–Crippen MR) is 113 cm³/mol. The fourth-order valence-corrected chi connectivity index (χ4v) is 4.79. The van der Waals surface area contributed by atoms with Gasteiger partial charge in [-0.05, 0) is 61.2 Å². The van der Waals surface area contributed by atoms with E-state index >= 15 is 0 Å². The maximum Gasteiger partial charge on any atom is 0.134 e. The molecule has 0 radical (unpaired) electrons. The van der Waals surface area contributed by atoms with Crippen molar-refractivity contribution in [2.75, 3.05) is 0 Å². The normalized spacial score (nSPS) is 35.7. The van der Waals surface area contributed by atoms with Gasteiger partial charge in [0.25, 0.3) is 0 Å². The third-order valence-corrected chi connectivity index (χ3v) is 6.55. The highest BCUT2D eigenvalue weighted by molar-refractivity contribution is 4.93. The monoisotopic (exact) mass is 374 g/mol. The molecule has 2 saturated carbocycles. The Morgan fingerprint density at radius 1 is 0.731 bits per heavy atom. The zero-order chi connectivity index (χ0) is 20.3. The van der Waals surface area contributed by atoms with Gasteiger partial charge in [0.05, 0.1) is 0 Å². The van der Waals surface area contributed by atoms with E-state index in [1.165, 1.54) is 12.8 Å². The fourth-order valence-electron chi connectivity index (χ4n) is 4.79. The molecule has 2 heteroatoms. The first kappa shape index (κ1) is 25.9. The van der Waals surface area contributed by atoms with E-state index in [0.29, 0.717) is 17.8 Å². The van der Waals surface area contributed by atoms with Crippen molar-refractivity contribution in [3.8, 4) is 0 Å². The van der Waals surface area contributed by atoms with Gasteiger partial charge in [0.15, 0.2) is 0 Å². The van der Waals surface area contributed by atoms with Crippen LogP contribution in [-0.2, 0) is 0 Å². The minimum atomic E-state index is -1.22. The van der Waals surface area contributed by atoms with Crippen molar-refractivity contribution in [3.05, 3.63) is 0 Å². The third kappa shape index (κ3) is 7.85. The summed E-state index contributed by atoms with van der Waals surface area (Å²) in [4.78, 5) is 0. The molecule has 2 aliphatic rings. The van der Waals surface area contributed by atoms with Gasteiger partial charge in [-0.15, -0.1) is 0 Å². The lowest BCUT2D eigenvalue weighted by Crippen LogP contribution is -2.44. The molecule has 5 atom stereocenters. The van der Waals surface area contributed by atoms with Crippen LogP contribution in [0.25, 0.3) is 0 Å². The Bertz CT molecular complexity index is 320. The highest BCUT2D eigenvalue weighted by Gasteiger charge is 2.45. The molecule has 2 fully saturated rings. The number of hydrogen-bond donors (Lipinski definition) is 0. The SMILES string of the molecule is CC.CC.CC(C)CCC(C)C1CCC(C2CCC(C)CC2)C(F)C1F. The first-order valence-corrected chi connectivity index (χ1v) is 11.7. The number of hydrogen-bond acceptors (Lipinski definition) is 0. The van der Waals surface area contributed by atoms with E-state index in [1.807, 2.05) is 27.7 Å². The van der Waals surface area contributed by atoms with Crippen LogP contribution < -0.4 is 0 Å². The Morgan fingerprint density at radius 2 is 1.27 bits per heavy atom. The average molecular weight is 375 g/mol. The summed E-state index contributed by atoms with van der Waals surface area (Å²) < 4.78 is 29.5. The molecule has 0 N–H and O–H groups in total. The molecule has 2 aliphatic carbocycles. The van der Waals surface area contributed by atoms with Crippen molar-refractivity contribution < 1.29 is 8.78 Å². The molecule has 0 amide bonds. The van der Waals surface area contributed by atoms with Crippen molar-refractivity contribution in [2.24, 2.45) is 35.5 Å². The van der Waals surface area contributed by atoms with Gasteiger partial charge in [-0.2, -0.15) is 0 Å². The minimum Gasteiger partial charge on any atom is -0.244 e. The van der Waals surface area contributed by atoms with Gasteiger partial charge in [0.2, 0.25) is 0 Å². The van der Waals surface area contributed by atoms with Gasteiger partial charge in [-0.25, -0.2) is 8.78 Å². The Morgan fingerprint density at radius 3 is 1.77 bits per heavy atom. The van der Waals surface area contributed by atoms with Gasteiger partial charge in [-0.3, -0.25) is 0 Å². The molecule has 0 saturated heterocycles. The van der Waals surface area contributed by atoms with E-state index in [-0.39, 0.29) is 11.8 Å². The molecule has 5 unspecified atom stereocenters. The van der Waals surface area contributed by atoms with Crippen molar-refractivity contribution in [3.63, 3.8) is 0 Å². The van der Waals surface area contributed by atoms with Crippen LogP contribution in [0.5, 0.6) is 0 Å². The summed E-state index contributed by atoms with van der Waals surface area (Å²) in [5.41, 5.74) is 0. The first-order valence-electron chi connectivity index (χ1n) is 11.7. The molecule has 0 bridgehead atoms. The van der Waals surface area contributed by atoms with E-state index < -0.39 is 12.3 Å². The molecule has 26 heavy (non-hydrogen) atoms. The molecule has 0 heterocycles. The summed E-state index contributed by atoms with van der Waals surface area (Å²) in [5.74, 6) is 2.15. The Kier molecular flexibility index (Phi) is 13.9. The van der Waals surface area contributed by atoms with E-state index in [0.717, 1.165) is 44.4 Å². The number of halogens is 2. The van der Waals surface area contributed by atoms with Gasteiger partial charge < -0.3 is 0 Å². The maximum absolute atomic E-state index is 14.8. The summed E-state index contributed by atoms with van der Waals surface area (Å²) in [5, 5.41) is 0. The minimum absolute atomic E-state index is 0.00366. The van der Waals surface area contributed by atoms with Crippen LogP contribution in [0.2, 0.25) is 0 Å². The topological polar surface area (TPSA) is 0 Å². The first-order chi connectivity index (χ1) is 12.4. The smallest absolute Gasteiger partial charge is 0.134 e. The fraction of sp³-hybridized carbons (Fsp3) is 1.00. The van der Waals surface area contributed by atoms with Crippen LogP contribution in [-0.4, -0.2) is 12.3 Å². The highest BCUT2D eigenvalue weighted by atomic mass is 19.2. The second-order valence-corrected chi connectivity index (χ2v) is 8.76. The second-order valence-electron chi connectivity index (χ2n) is 8.76. The van der Waals surface area contributed by atoms with Gasteiger partial charge >= 0.3 is 0 Å². The zero-order valence-electron chi connectivity index (χ0n) is 19.0. The Labute approximate surface area is 163 Å². The van der Waals surface area contributed by atoms with E-state index in [1.54, 1.807) is 0 Å². The third-order valence-electron chi connectivity index (χ3n) is 6.55. The summed E-state index contributed by atoms with van der Waals surface area (Å²) in [6.45, 7) is 16.8. The lowest BCUT2D eigenvalue weighted by Gasteiger charge is -2.42. The quantitative estimate of drug-likeness (QED) is 0.451. The number of alkyl halides is 2. The average Bonchev–Trinajstić information content (AvgIpc) is 2.66. The molecule has 0 nitrogen and oxygen atoms in total. The van der Waals surface area contributed by atoms with Crippen LogP contribution in [0.3, 0.4) is 0 Å². The lowest BCUT2D eigenvalue weighted by atomic mass is 9.65. The molecular weight excluding hydrogens is 326 g/mol. The lowest BCUT2D eigenvalue weighted by molar-refractivity contribution is -0.0281. The highest BCUT2D eigenvalue weighted by Crippen LogP contribution is 2.46. The van der Waals surface area contributed by atoms with Gasteiger partial charge in [-0.1, -0.05) is 81.1 Å². The van der Waals surface area contributed by atoms with E-state index in [2.05, 4.69) is 27.7 Å². The van der Waals surface area contributed by atoms with Crippen LogP contribution in [0.15, 0.2) is 0 Å². The van der Waals surface area contributed by atoms with E-state index in [4.69, 9.17) is 0 Å². The van der Waals surface area contributed by atoms with Gasteiger partial charge in [0.1, 0.15) is 12.3 Å². The molecule has 0 spiro atoms. The maximum atomic E-state index is 14.8. The molecule has 0 aromatic carbocycles. The summed E-state index contributed by atoms with van der Waals surface area (Å²) in [7, 11) is 0. The molecule has 2 rings (SSSR count). The molecule has 0 aromatic heterocycles. The van der Waals surface area contributed by atoms with Crippen molar-refractivity contribution in [2.45, 2.75) is 119 Å². The van der Waals surface area contributed by atoms with Gasteiger partial charge in [0, 0.05) is 0 Å². The van der Waals surface area contributed by atoms with Crippen molar-refractivity contribution in [1.82, 2.24) is 0 Å². The van der Waals surface area contributed by atoms with Crippen molar-refractivity contribution in [1.29, 1.82) is 0 Å². The standard InChI is InChI=1S/C20H36F2.2C2H6/c1-13(2)5-8-15(4)17-11-12-18(20(22)19(17)21)16-9-6-14(3)7-10-16;2*1-2/h13-20H,5-12H2,1-4H3;2*1-2H3.